The molecule has 3 aromatic rings. The number of benzene rings is 1. The highest BCUT2D eigenvalue weighted by molar-refractivity contribution is 7.89. The monoisotopic (exact) mass is 504 g/mol. The number of hydrogen-bond acceptors (Lipinski definition) is 8. The fourth-order valence-electron chi connectivity index (χ4n) is 4.45. The van der Waals surface area contributed by atoms with Crippen molar-refractivity contribution >= 4 is 15.7 Å². The molecule has 0 radical (unpaired) electrons. The molecule has 0 spiro atoms. The van der Waals surface area contributed by atoms with Crippen LogP contribution >= 0.6 is 0 Å². The molecule has 2 heterocycles. The number of nitrogens with zero attached hydrogens (tertiary/aromatic N) is 4. The number of sulfonamides is 1. The zero-order valence-corrected chi connectivity index (χ0v) is 20.8. The van der Waals surface area contributed by atoms with Gasteiger partial charge in [-0.3, -0.25) is 4.79 Å². The molecule has 2 aromatic heterocycles. The smallest absolute Gasteiger partial charge is 0.296 e. The van der Waals surface area contributed by atoms with Crippen LogP contribution in [0.4, 0.5) is 0 Å². The zero-order chi connectivity index (χ0) is 25.0. The van der Waals surface area contributed by atoms with Gasteiger partial charge in [-0.05, 0) is 44.4 Å². The van der Waals surface area contributed by atoms with Crippen molar-refractivity contribution < 1.29 is 18.3 Å². The van der Waals surface area contributed by atoms with Gasteiger partial charge in [0.25, 0.3) is 5.56 Å². The van der Waals surface area contributed by atoms with Gasteiger partial charge in [0.05, 0.1) is 23.7 Å². The maximum Gasteiger partial charge on any atom is 0.296 e. The van der Waals surface area contributed by atoms with Crippen LogP contribution in [0.25, 0.3) is 17.0 Å². The van der Waals surface area contributed by atoms with E-state index < -0.39 is 21.6 Å². The van der Waals surface area contributed by atoms with Crippen molar-refractivity contribution in [1.29, 1.82) is 0 Å². The standard InChI is InChI=1S/C23H32N6O5S/c1-3-5-10-16(14-30)28-35(32,33)17-11-12-19(34-4-2)18(13-17)20-24-23(31)22-26-25-21(29(22)27-20)15-8-6-7-9-15/h11-13,15-16,28,30H,3-10,14H2,1-2H3,(H,24,27,31). The third-order valence-electron chi connectivity index (χ3n) is 6.28. The van der Waals surface area contributed by atoms with Crippen LogP contribution < -0.4 is 15.0 Å². The number of aromatic amines is 1. The first-order valence-corrected chi connectivity index (χ1v) is 13.6. The van der Waals surface area contributed by atoms with Gasteiger partial charge >= 0.3 is 0 Å². The molecule has 190 valence electrons. The molecule has 0 amide bonds. The lowest BCUT2D eigenvalue weighted by molar-refractivity contribution is 0.248. The molecule has 3 N–H and O–H groups in total. The summed E-state index contributed by atoms with van der Waals surface area (Å²) >= 11 is 0. The number of unbranched alkanes of at least 4 members (excludes halogenated alkanes) is 1. The highest BCUT2D eigenvalue weighted by Gasteiger charge is 2.26. The summed E-state index contributed by atoms with van der Waals surface area (Å²) in [5.41, 5.74) is -0.0461. The van der Waals surface area contributed by atoms with Crippen molar-refractivity contribution in [3.05, 3.63) is 34.4 Å². The van der Waals surface area contributed by atoms with E-state index in [4.69, 9.17) is 4.74 Å². The Morgan fingerprint density at radius 1 is 1.26 bits per heavy atom. The van der Waals surface area contributed by atoms with Crippen molar-refractivity contribution in [2.45, 2.75) is 75.6 Å². The summed E-state index contributed by atoms with van der Waals surface area (Å²) in [5, 5.41) is 22.5. The minimum atomic E-state index is -3.94. The number of H-pyrrole nitrogens is 1. The molecular weight excluding hydrogens is 472 g/mol. The highest BCUT2D eigenvalue weighted by atomic mass is 32.2. The van der Waals surface area contributed by atoms with E-state index in [9.17, 15) is 18.3 Å². The first kappa shape index (κ1) is 25.3. The Kier molecular flexibility index (Phi) is 7.82. The molecule has 1 aliphatic carbocycles. The summed E-state index contributed by atoms with van der Waals surface area (Å²) in [5.74, 6) is 1.35. The van der Waals surface area contributed by atoms with Crippen molar-refractivity contribution in [3.63, 3.8) is 0 Å². The van der Waals surface area contributed by atoms with Gasteiger partial charge in [-0.1, -0.05) is 32.6 Å². The van der Waals surface area contributed by atoms with Gasteiger partial charge in [-0.2, -0.15) is 4.52 Å². The van der Waals surface area contributed by atoms with Crippen LogP contribution in [0.1, 0.15) is 70.5 Å². The number of rotatable bonds is 11. The molecule has 1 aliphatic rings. The number of aliphatic hydroxyl groups is 1. The number of aliphatic hydroxyl groups excluding tert-OH is 1. The molecule has 1 unspecified atom stereocenters. The Bertz CT molecular complexity index is 1330. The van der Waals surface area contributed by atoms with E-state index >= 15 is 0 Å². The molecule has 4 rings (SSSR count). The van der Waals surface area contributed by atoms with Gasteiger partial charge in [-0.15, -0.1) is 15.3 Å². The van der Waals surface area contributed by atoms with Gasteiger partial charge in [0, 0.05) is 12.0 Å². The molecule has 1 aromatic carbocycles. The lowest BCUT2D eigenvalue weighted by Gasteiger charge is -2.17. The minimum Gasteiger partial charge on any atom is -0.493 e. The fourth-order valence-corrected chi connectivity index (χ4v) is 5.74. The molecule has 35 heavy (non-hydrogen) atoms. The number of aromatic nitrogens is 5. The third kappa shape index (κ3) is 5.39. The maximum absolute atomic E-state index is 13.1. The molecule has 0 aliphatic heterocycles. The summed E-state index contributed by atoms with van der Waals surface area (Å²) in [4.78, 5) is 15.5. The van der Waals surface area contributed by atoms with Crippen LogP contribution in [-0.2, 0) is 10.0 Å². The van der Waals surface area contributed by atoms with Crippen LogP contribution in [0.5, 0.6) is 5.75 Å². The third-order valence-corrected chi connectivity index (χ3v) is 7.80. The average Bonchev–Trinajstić information content (AvgIpc) is 3.52. The van der Waals surface area contributed by atoms with Gasteiger partial charge < -0.3 is 14.8 Å². The lowest BCUT2D eigenvalue weighted by Crippen LogP contribution is -2.37. The Hall–Kier alpha value is -2.83. The summed E-state index contributed by atoms with van der Waals surface area (Å²) in [6.07, 6.45) is 6.29. The average molecular weight is 505 g/mol. The Labute approximate surface area is 204 Å². The molecule has 0 bridgehead atoms. The van der Waals surface area contributed by atoms with Gasteiger partial charge in [0.1, 0.15) is 5.75 Å². The summed E-state index contributed by atoms with van der Waals surface area (Å²) < 4.78 is 36.0. The van der Waals surface area contributed by atoms with E-state index in [1.54, 1.807) is 6.07 Å². The largest absolute Gasteiger partial charge is 0.493 e. The second-order valence-corrected chi connectivity index (χ2v) is 10.5. The summed E-state index contributed by atoms with van der Waals surface area (Å²) in [6.45, 7) is 3.85. The van der Waals surface area contributed by atoms with Gasteiger partial charge in [0.2, 0.25) is 15.7 Å². The second-order valence-electron chi connectivity index (χ2n) is 8.81. The Morgan fingerprint density at radius 2 is 2.03 bits per heavy atom. The molecule has 1 fully saturated rings. The Morgan fingerprint density at radius 3 is 2.71 bits per heavy atom. The van der Waals surface area contributed by atoms with E-state index in [2.05, 4.69) is 25.0 Å². The van der Waals surface area contributed by atoms with E-state index in [1.807, 2.05) is 13.8 Å². The predicted octanol–water partition coefficient (Wildman–Crippen LogP) is 2.37. The van der Waals surface area contributed by atoms with Crippen LogP contribution in [0.15, 0.2) is 27.9 Å². The highest BCUT2D eigenvalue weighted by Crippen LogP contribution is 2.34. The lowest BCUT2D eigenvalue weighted by atomic mass is 10.1. The topological polar surface area (TPSA) is 152 Å². The van der Waals surface area contributed by atoms with E-state index in [0.717, 1.165) is 38.5 Å². The number of ether oxygens (including phenoxy) is 1. The van der Waals surface area contributed by atoms with Gasteiger partial charge in [0.15, 0.2) is 11.6 Å². The minimum absolute atomic E-state index is 0.0200. The maximum atomic E-state index is 13.1. The van der Waals surface area contributed by atoms with Crippen LogP contribution in [0.3, 0.4) is 0 Å². The van der Waals surface area contributed by atoms with Crippen molar-refractivity contribution in [1.82, 2.24) is 29.5 Å². The first-order valence-electron chi connectivity index (χ1n) is 12.1. The zero-order valence-electron chi connectivity index (χ0n) is 20.0. The summed E-state index contributed by atoms with van der Waals surface area (Å²) in [6, 6.07) is 3.81. The molecule has 1 saturated carbocycles. The van der Waals surface area contributed by atoms with Crippen molar-refractivity contribution in [2.24, 2.45) is 0 Å². The Balaban J connectivity index is 1.78. The van der Waals surface area contributed by atoms with Crippen LogP contribution in [-0.4, -0.2) is 57.6 Å². The summed E-state index contributed by atoms with van der Waals surface area (Å²) in [7, 11) is -3.94. The normalized spacial score (nSPS) is 15.6. The first-order chi connectivity index (χ1) is 16.9. The van der Waals surface area contributed by atoms with E-state index in [1.165, 1.54) is 16.6 Å². The molecule has 12 heteroatoms. The fraction of sp³-hybridized carbons (Fsp3) is 0.565. The number of hydrogen-bond donors (Lipinski definition) is 3. The quantitative estimate of drug-likeness (QED) is 0.360. The molecular formula is C23H32N6O5S. The predicted molar refractivity (Wildman–Crippen MR) is 130 cm³/mol. The van der Waals surface area contributed by atoms with Crippen LogP contribution in [0.2, 0.25) is 0 Å². The second kappa shape index (κ2) is 10.8. The van der Waals surface area contributed by atoms with Gasteiger partial charge in [-0.25, -0.2) is 13.1 Å². The van der Waals surface area contributed by atoms with Crippen molar-refractivity contribution in [2.75, 3.05) is 13.2 Å². The number of fused-ring (bicyclic) bond motifs is 1. The van der Waals surface area contributed by atoms with Crippen molar-refractivity contribution in [3.8, 4) is 17.1 Å². The molecule has 1 atom stereocenters. The number of nitrogens with one attached hydrogen (secondary N) is 2. The van der Waals surface area contributed by atoms with E-state index in [0.29, 0.717) is 30.2 Å². The van der Waals surface area contributed by atoms with E-state index in [-0.39, 0.29) is 28.9 Å². The van der Waals surface area contributed by atoms with Crippen LogP contribution in [0, 0.1) is 0 Å². The SMILES string of the molecule is CCCCC(CO)NS(=O)(=O)c1ccc(OCC)c(-c2nn3c(C4CCCC4)nnc3c(=O)[nH]2)c1. The molecule has 11 nitrogen and oxygen atoms in total. The molecule has 0 saturated heterocycles.